The van der Waals surface area contributed by atoms with Crippen molar-refractivity contribution < 1.29 is 8.42 Å². The second kappa shape index (κ2) is 4.89. The Morgan fingerprint density at radius 3 is 2.71 bits per heavy atom. The molecule has 1 aliphatic rings. The molecule has 0 aromatic carbocycles. The van der Waals surface area contributed by atoms with Crippen molar-refractivity contribution in [2.24, 2.45) is 5.84 Å². The van der Waals surface area contributed by atoms with Crippen LogP contribution in [0.5, 0.6) is 0 Å². The minimum absolute atomic E-state index is 0.201. The first-order valence-corrected chi connectivity index (χ1v) is 7.31. The molecule has 0 amide bonds. The standard InChI is InChI=1S/C10H16N4O2S/c11-14-10-7-9(1-4-12-10)13-8-2-5-17(15,16)6-3-8/h1,4,7-8H,2-3,5-6,11H2,(H2,12,13,14). The van der Waals surface area contributed by atoms with Crippen molar-refractivity contribution in [2.75, 3.05) is 22.2 Å². The van der Waals surface area contributed by atoms with Crippen LogP contribution in [0.4, 0.5) is 11.5 Å². The molecule has 1 fully saturated rings. The zero-order chi connectivity index (χ0) is 12.3. The topological polar surface area (TPSA) is 97.1 Å². The molecule has 0 atom stereocenters. The minimum atomic E-state index is -2.81. The Bertz CT molecular complexity index is 475. The van der Waals surface area contributed by atoms with Gasteiger partial charge in [-0.15, -0.1) is 0 Å². The van der Waals surface area contributed by atoms with Crippen LogP contribution in [0.15, 0.2) is 18.3 Å². The van der Waals surface area contributed by atoms with E-state index in [1.165, 1.54) is 0 Å². The quantitative estimate of drug-likeness (QED) is 0.533. The maximum Gasteiger partial charge on any atom is 0.150 e. The number of sulfone groups is 1. The van der Waals surface area contributed by atoms with Crippen LogP contribution in [-0.4, -0.2) is 30.9 Å². The molecule has 7 heteroatoms. The number of nitrogen functional groups attached to an aromatic ring is 1. The fourth-order valence-corrected chi connectivity index (χ4v) is 3.36. The van der Waals surface area contributed by atoms with Crippen molar-refractivity contribution in [2.45, 2.75) is 18.9 Å². The van der Waals surface area contributed by atoms with Gasteiger partial charge in [0.15, 0.2) is 0 Å². The van der Waals surface area contributed by atoms with Gasteiger partial charge in [-0.25, -0.2) is 19.2 Å². The van der Waals surface area contributed by atoms with E-state index in [9.17, 15) is 8.42 Å². The molecule has 0 aliphatic carbocycles. The number of nitrogens with zero attached hydrogens (tertiary/aromatic N) is 1. The van der Waals surface area contributed by atoms with Gasteiger partial charge in [0.25, 0.3) is 0 Å². The monoisotopic (exact) mass is 256 g/mol. The third kappa shape index (κ3) is 3.31. The summed E-state index contributed by atoms with van der Waals surface area (Å²) in [5.74, 6) is 6.37. The van der Waals surface area contributed by atoms with Crippen molar-refractivity contribution in [3.8, 4) is 0 Å². The van der Waals surface area contributed by atoms with Crippen LogP contribution in [0.3, 0.4) is 0 Å². The van der Waals surface area contributed by atoms with Crippen LogP contribution < -0.4 is 16.6 Å². The van der Waals surface area contributed by atoms with Crippen LogP contribution in [0, 0.1) is 0 Å². The van der Waals surface area contributed by atoms with Gasteiger partial charge in [-0.3, -0.25) is 0 Å². The highest BCUT2D eigenvalue weighted by Gasteiger charge is 2.23. The van der Waals surface area contributed by atoms with Crippen molar-refractivity contribution in [3.63, 3.8) is 0 Å². The van der Waals surface area contributed by atoms with E-state index in [0.29, 0.717) is 18.7 Å². The van der Waals surface area contributed by atoms with Gasteiger partial charge in [-0.1, -0.05) is 0 Å². The van der Waals surface area contributed by atoms with Crippen LogP contribution >= 0.6 is 0 Å². The minimum Gasteiger partial charge on any atom is -0.382 e. The lowest BCUT2D eigenvalue weighted by molar-refractivity contribution is 0.559. The second-order valence-electron chi connectivity index (χ2n) is 4.14. The summed E-state index contributed by atoms with van der Waals surface area (Å²) in [4.78, 5) is 4.00. The van der Waals surface area contributed by atoms with Gasteiger partial charge >= 0.3 is 0 Å². The average molecular weight is 256 g/mol. The van der Waals surface area contributed by atoms with Gasteiger partial charge in [-0.2, -0.15) is 0 Å². The molecule has 1 aromatic rings. The molecule has 17 heavy (non-hydrogen) atoms. The predicted molar refractivity (Wildman–Crippen MR) is 67.3 cm³/mol. The first-order valence-electron chi connectivity index (χ1n) is 5.49. The molecule has 4 N–H and O–H groups in total. The van der Waals surface area contributed by atoms with E-state index in [1.807, 2.05) is 6.07 Å². The maximum absolute atomic E-state index is 11.3. The Hall–Kier alpha value is -1.34. The number of rotatable bonds is 3. The molecule has 6 nitrogen and oxygen atoms in total. The summed E-state index contributed by atoms with van der Waals surface area (Å²) in [5, 5.41) is 3.29. The summed E-state index contributed by atoms with van der Waals surface area (Å²) in [6.45, 7) is 0. The SMILES string of the molecule is NNc1cc(NC2CCS(=O)(=O)CC2)ccn1. The van der Waals surface area contributed by atoms with E-state index < -0.39 is 9.84 Å². The number of anilines is 2. The summed E-state index contributed by atoms with van der Waals surface area (Å²) < 4.78 is 22.6. The number of hydrogen-bond acceptors (Lipinski definition) is 6. The smallest absolute Gasteiger partial charge is 0.150 e. The number of nitrogens with one attached hydrogen (secondary N) is 2. The number of pyridine rings is 1. The molecular weight excluding hydrogens is 240 g/mol. The zero-order valence-corrected chi connectivity index (χ0v) is 10.2. The van der Waals surface area contributed by atoms with E-state index >= 15 is 0 Å². The highest BCUT2D eigenvalue weighted by Crippen LogP contribution is 2.18. The fourth-order valence-electron chi connectivity index (χ4n) is 1.87. The molecule has 0 bridgehead atoms. The van der Waals surface area contributed by atoms with Crippen LogP contribution in [0.25, 0.3) is 0 Å². The first kappa shape index (κ1) is 12.1. The normalized spacial score (nSPS) is 19.8. The molecule has 2 heterocycles. The van der Waals surface area contributed by atoms with Crippen LogP contribution in [0.2, 0.25) is 0 Å². The van der Waals surface area contributed by atoms with Gasteiger partial charge in [0.05, 0.1) is 11.5 Å². The molecule has 0 radical (unpaired) electrons. The predicted octanol–water partition coefficient (Wildman–Crippen LogP) is 0.356. The Morgan fingerprint density at radius 1 is 1.35 bits per heavy atom. The summed E-state index contributed by atoms with van der Waals surface area (Å²) in [6.07, 6.45) is 2.95. The van der Waals surface area contributed by atoms with Crippen molar-refractivity contribution in [1.29, 1.82) is 0 Å². The van der Waals surface area contributed by atoms with E-state index in [-0.39, 0.29) is 17.5 Å². The van der Waals surface area contributed by atoms with E-state index in [2.05, 4.69) is 15.7 Å². The summed E-state index contributed by atoms with van der Waals surface area (Å²) in [7, 11) is -2.81. The van der Waals surface area contributed by atoms with E-state index in [1.54, 1.807) is 12.3 Å². The fraction of sp³-hybridized carbons (Fsp3) is 0.500. The number of nitrogens with two attached hydrogens (primary N) is 1. The molecule has 1 aliphatic heterocycles. The third-order valence-electron chi connectivity index (χ3n) is 2.83. The third-order valence-corrected chi connectivity index (χ3v) is 4.55. The Morgan fingerprint density at radius 2 is 2.06 bits per heavy atom. The van der Waals surface area contributed by atoms with Gasteiger partial charge in [-0.05, 0) is 18.9 Å². The maximum atomic E-state index is 11.3. The average Bonchev–Trinajstić information content (AvgIpc) is 2.32. The Labute approximate surface area is 101 Å². The van der Waals surface area contributed by atoms with Gasteiger partial charge < -0.3 is 10.7 Å². The number of hydrogen-bond donors (Lipinski definition) is 3. The molecular formula is C10H16N4O2S. The lowest BCUT2D eigenvalue weighted by Crippen LogP contribution is -2.32. The largest absolute Gasteiger partial charge is 0.382 e. The van der Waals surface area contributed by atoms with E-state index in [4.69, 9.17) is 5.84 Å². The van der Waals surface area contributed by atoms with Crippen molar-refractivity contribution in [3.05, 3.63) is 18.3 Å². The summed E-state index contributed by atoms with van der Waals surface area (Å²) in [6, 6.07) is 3.83. The lowest BCUT2D eigenvalue weighted by atomic mass is 10.1. The van der Waals surface area contributed by atoms with Crippen LogP contribution in [-0.2, 0) is 9.84 Å². The van der Waals surface area contributed by atoms with Gasteiger partial charge in [0.2, 0.25) is 0 Å². The molecule has 0 saturated carbocycles. The van der Waals surface area contributed by atoms with E-state index in [0.717, 1.165) is 5.69 Å². The molecule has 1 aromatic heterocycles. The Balaban J connectivity index is 1.97. The number of hydrazine groups is 1. The van der Waals surface area contributed by atoms with Crippen LogP contribution in [0.1, 0.15) is 12.8 Å². The summed E-state index contributed by atoms with van der Waals surface area (Å²) in [5.41, 5.74) is 3.37. The zero-order valence-electron chi connectivity index (χ0n) is 9.39. The van der Waals surface area contributed by atoms with Crippen molar-refractivity contribution >= 4 is 21.3 Å². The molecule has 2 rings (SSSR count). The molecule has 94 valence electrons. The summed E-state index contributed by atoms with van der Waals surface area (Å²) >= 11 is 0. The van der Waals surface area contributed by atoms with Gasteiger partial charge in [0, 0.05) is 24.0 Å². The first-order chi connectivity index (χ1) is 8.09. The van der Waals surface area contributed by atoms with Crippen molar-refractivity contribution in [1.82, 2.24) is 4.98 Å². The molecule has 0 unspecified atom stereocenters. The van der Waals surface area contributed by atoms with Gasteiger partial charge in [0.1, 0.15) is 15.7 Å². The second-order valence-corrected chi connectivity index (χ2v) is 6.45. The lowest BCUT2D eigenvalue weighted by Gasteiger charge is -2.24. The number of aromatic nitrogens is 1. The Kier molecular flexibility index (Phi) is 3.49. The highest BCUT2D eigenvalue weighted by atomic mass is 32.2. The molecule has 1 saturated heterocycles. The molecule has 0 spiro atoms. The highest BCUT2D eigenvalue weighted by molar-refractivity contribution is 7.91.